The molecule has 2 rings (SSSR count). The summed E-state index contributed by atoms with van der Waals surface area (Å²) >= 11 is 0. The van der Waals surface area contributed by atoms with Gasteiger partial charge in [-0.1, -0.05) is 0 Å². The van der Waals surface area contributed by atoms with Crippen LogP contribution in [0, 0.1) is 13.8 Å². The Morgan fingerprint density at radius 3 is 2.04 bits per heavy atom. The Kier molecular flexibility index (Phi) is 6.59. The second-order valence-corrected chi connectivity index (χ2v) is 5.85. The number of rotatable bonds is 8. The first kappa shape index (κ1) is 18.5. The maximum Gasteiger partial charge on any atom is 0.130 e. The number of hydrogen-bond donors (Lipinski definition) is 3. The Morgan fingerprint density at radius 1 is 0.960 bits per heavy atom. The molecule has 0 amide bonds. The summed E-state index contributed by atoms with van der Waals surface area (Å²) in [4.78, 5) is 8.45. The number of nitrogen functional groups attached to an aromatic ring is 2. The largest absolute Gasteiger partial charge is 0.490 e. The molecular weight excluding hydrogens is 318 g/mol. The van der Waals surface area contributed by atoms with Crippen molar-refractivity contribution in [3.8, 4) is 0 Å². The summed E-state index contributed by atoms with van der Waals surface area (Å²) in [6.07, 6.45) is 1.99. The zero-order valence-corrected chi connectivity index (χ0v) is 14.7. The lowest BCUT2D eigenvalue weighted by atomic mass is 10.2. The van der Waals surface area contributed by atoms with E-state index >= 15 is 0 Å². The standard InChI is InChI=1S/C18H25N5O2/c1-12-5-14(22-17(20)7-12)10-24-4-3-16(9-19)25-11-15-6-13(2)8-18(21)23-15/h5-9H,3-4,10-11,19H2,1-2H3,(H2,20,22)(H2,21,23)/b16-9+. The fourth-order valence-corrected chi connectivity index (χ4v) is 2.40. The van der Waals surface area contributed by atoms with Gasteiger partial charge in [-0.3, -0.25) is 0 Å². The number of nitrogens with two attached hydrogens (primary N) is 3. The minimum Gasteiger partial charge on any atom is -0.490 e. The van der Waals surface area contributed by atoms with E-state index < -0.39 is 0 Å². The second kappa shape index (κ2) is 8.89. The van der Waals surface area contributed by atoms with Gasteiger partial charge in [-0.15, -0.1) is 0 Å². The van der Waals surface area contributed by atoms with E-state index in [-0.39, 0.29) is 0 Å². The van der Waals surface area contributed by atoms with Crippen LogP contribution in [0.1, 0.15) is 28.9 Å². The lowest BCUT2D eigenvalue weighted by Gasteiger charge is -2.11. The van der Waals surface area contributed by atoms with E-state index in [4.69, 9.17) is 26.7 Å². The smallest absolute Gasteiger partial charge is 0.130 e. The van der Waals surface area contributed by atoms with Crippen LogP contribution in [0.4, 0.5) is 11.6 Å². The molecule has 0 saturated carbocycles. The molecule has 2 aromatic heterocycles. The van der Waals surface area contributed by atoms with Gasteiger partial charge in [-0.2, -0.15) is 0 Å². The highest BCUT2D eigenvalue weighted by Crippen LogP contribution is 2.12. The number of aryl methyl sites for hydroxylation is 2. The summed E-state index contributed by atoms with van der Waals surface area (Å²) in [5.41, 5.74) is 20.7. The van der Waals surface area contributed by atoms with Gasteiger partial charge < -0.3 is 26.7 Å². The van der Waals surface area contributed by atoms with E-state index in [9.17, 15) is 0 Å². The molecule has 0 unspecified atom stereocenters. The summed E-state index contributed by atoms with van der Waals surface area (Å²) in [6, 6.07) is 7.50. The van der Waals surface area contributed by atoms with Crippen molar-refractivity contribution >= 4 is 11.6 Å². The first-order chi connectivity index (χ1) is 12.0. The summed E-state index contributed by atoms with van der Waals surface area (Å²) in [5.74, 6) is 1.61. The SMILES string of the molecule is Cc1cc(N)nc(COCC/C(=C\N)OCc2cc(C)cc(N)n2)c1. The molecule has 0 saturated heterocycles. The molecule has 0 aromatic carbocycles. The Hall–Kier alpha value is -2.80. The monoisotopic (exact) mass is 343 g/mol. The van der Waals surface area contributed by atoms with Gasteiger partial charge in [-0.05, 0) is 49.2 Å². The van der Waals surface area contributed by atoms with Crippen LogP contribution in [-0.2, 0) is 22.7 Å². The second-order valence-electron chi connectivity index (χ2n) is 5.85. The van der Waals surface area contributed by atoms with Crippen molar-refractivity contribution in [1.29, 1.82) is 0 Å². The molecule has 0 aliphatic heterocycles. The summed E-state index contributed by atoms with van der Waals surface area (Å²) in [7, 11) is 0. The first-order valence-corrected chi connectivity index (χ1v) is 8.03. The minimum absolute atomic E-state index is 0.310. The van der Waals surface area contributed by atoms with Crippen LogP contribution >= 0.6 is 0 Å². The molecule has 0 radical (unpaired) electrons. The Bertz CT molecular complexity index is 706. The minimum atomic E-state index is 0.310. The zero-order valence-electron chi connectivity index (χ0n) is 14.7. The third kappa shape index (κ3) is 6.31. The lowest BCUT2D eigenvalue weighted by Crippen LogP contribution is -2.05. The normalized spacial score (nSPS) is 11.5. The van der Waals surface area contributed by atoms with Crippen molar-refractivity contribution in [3.05, 3.63) is 58.7 Å². The van der Waals surface area contributed by atoms with Gasteiger partial charge in [-0.25, -0.2) is 9.97 Å². The third-order valence-corrected chi connectivity index (χ3v) is 3.42. The highest BCUT2D eigenvalue weighted by atomic mass is 16.5. The van der Waals surface area contributed by atoms with Crippen molar-refractivity contribution in [2.24, 2.45) is 5.73 Å². The molecule has 0 aliphatic rings. The maximum absolute atomic E-state index is 5.73. The van der Waals surface area contributed by atoms with E-state index in [1.165, 1.54) is 6.20 Å². The van der Waals surface area contributed by atoms with Crippen LogP contribution in [0.2, 0.25) is 0 Å². The molecule has 7 nitrogen and oxygen atoms in total. The molecule has 134 valence electrons. The highest BCUT2D eigenvalue weighted by molar-refractivity contribution is 5.34. The quantitative estimate of drug-likeness (QED) is 0.496. The Morgan fingerprint density at radius 2 is 1.52 bits per heavy atom. The van der Waals surface area contributed by atoms with Crippen LogP contribution in [-0.4, -0.2) is 16.6 Å². The van der Waals surface area contributed by atoms with Crippen molar-refractivity contribution in [1.82, 2.24) is 9.97 Å². The average molecular weight is 343 g/mol. The van der Waals surface area contributed by atoms with Crippen LogP contribution in [0.3, 0.4) is 0 Å². The molecule has 7 heteroatoms. The van der Waals surface area contributed by atoms with E-state index in [1.54, 1.807) is 0 Å². The molecule has 0 fully saturated rings. The Balaban J connectivity index is 1.76. The molecule has 0 bridgehead atoms. The van der Waals surface area contributed by atoms with Crippen molar-refractivity contribution in [2.45, 2.75) is 33.5 Å². The number of hydrogen-bond acceptors (Lipinski definition) is 7. The van der Waals surface area contributed by atoms with Crippen LogP contribution in [0.15, 0.2) is 36.2 Å². The highest BCUT2D eigenvalue weighted by Gasteiger charge is 2.04. The molecule has 6 N–H and O–H groups in total. The number of pyridine rings is 2. The molecule has 0 spiro atoms. The molecular formula is C18H25N5O2. The number of anilines is 2. The van der Waals surface area contributed by atoms with E-state index in [0.29, 0.717) is 43.6 Å². The fourth-order valence-electron chi connectivity index (χ4n) is 2.40. The Labute approximate surface area is 147 Å². The maximum atomic E-state index is 5.73. The van der Waals surface area contributed by atoms with Gasteiger partial charge in [0.15, 0.2) is 0 Å². The van der Waals surface area contributed by atoms with Gasteiger partial charge >= 0.3 is 0 Å². The van der Waals surface area contributed by atoms with Crippen molar-refractivity contribution in [2.75, 3.05) is 18.1 Å². The average Bonchev–Trinajstić information content (AvgIpc) is 2.52. The van der Waals surface area contributed by atoms with Gasteiger partial charge in [0.05, 0.1) is 24.6 Å². The molecule has 0 aliphatic carbocycles. The first-order valence-electron chi connectivity index (χ1n) is 8.03. The van der Waals surface area contributed by atoms with Gasteiger partial charge in [0.2, 0.25) is 0 Å². The fraction of sp³-hybridized carbons (Fsp3) is 0.333. The zero-order chi connectivity index (χ0) is 18.2. The van der Waals surface area contributed by atoms with Crippen LogP contribution in [0.25, 0.3) is 0 Å². The van der Waals surface area contributed by atoms with E-state index in [0.717, 1.165) is 22.5 Å². The van der Waals surface area contributed by atoms with Gasteiger partial charge in [0.25, 0.3) is 0 Å². The number of ether oxygens (including phenoxy) is 2. The topological polar surface area (TPSA) is 122 Å². The lowest BCUT2D eigenvalue weighted by molar-refractivity contribution is 0.100. The predicted molar refractivity (Wildman–Crippen MR) is 98.1 cm³/mol. The summed E-state index contributed by atoms with van der Waals surface area (Å²) in [6.45, 7) is 5.09. The third-order valence-electron chi connectivity index (χ3n) is 3.42. The summed E-state index contributed by atoms with van der Waals surface area (Å²) < 4.78 is 11.3. The number of nitrogens with zero attached hydrogens (tertiary/aromatic N) is 2. The van der Waals surface area contributed by atoms with Gasteiger partial charge in [0.1, 0.15) is 24.0 Å². The molecule has 2 aromatic rings. The predicted octanol–water partition coefficient (Wildman–Crippen LogP) is 2.18. The summed E-state index contributed by atoms with van der Waals surface area (Å²) in [5, 5.41) is 0. The van der Waals surface area contributed by atoms with Crippen molar-refractivity contribution < 1.29 is 9.47 Å². The van der Waals surface area contributed by atoms with Crippen LogP contribution in [0.5, 0.6) is 0 Å². The van der Waals surface area contributed by atoms with Crippen molar-refractivity contribution in [3.63, 3.8) is 0 Å². The number of aromatic nitrogens is 2. The van der Waals surface area contributed by atoms with Gasteiger partial charge in [0, 0.05) is 12.6 Å². The molecule has 25 heavy (non-hydrogen) atoms. The van der Waals surface area contributed by atoms with E-state index in [2.05, 4.69) is 9.97 Å². The van der Waals surface area contributed by atoms with Crippen LogP contribution < -0.4 is 17.2 Å². The molecule has 0 atom stereocenters. The molecule has 2 heterocycles. The van der Waals surface area contributed by atoms with E-state index in [1.807, 2.05) is 38.1 Å².